The Morgan fingerprint density at radius 2 is 1.88 bits per heavy atom. The van der Waals surface area contributed by atoms with Crippen molar-refractivity contribution in [1.82, 2.24) is 4.40 Å². The number of rotatable bonds is 0. The Bertz CT molecular complexity index is 601. The molecule has 16 heavy (non-hydrogen) atoms. The number of nitrogens with two attached hydrogens (primary N) is 1. The summed E-state index contributed by atoms with van der Waals surface area (Å²) >= 11 is 0. The summed E-state index contributed by atoms with van der Waals surface area (Å²) in [4.78, 5) is 11.5. The zero-order valence-corrected chi connectivity index (χ0v) is 7.95. The molecule has 0 atom stereocenters. The molecular weight excluding hydrogens is 221 g/mol. The lowest BCUT2D eigenvalue weighted by molar-refractivity contribution is -0.136. The van der Waals surface area contributed by atoms with Crippen LogP contribution in [0.2, 0.25) is 0 Å². The van der Waals surface area contributed by atoms with Gasteiger partial charge in [-0.3, -0.25) is 9.20 Å². The van der Waals surface area contributed by atoms with Crippen molar-refractivity contribution in [2.24, 2.45) is 0 Å². The van der Waals surface area contributed by atoms with Crippen LogP contribution >= 0.6 is 0 Å². The first-order chi connectivity index (χ1) is 7.41. The lowest BCUT2D eigenvalue weighted by Crippen LogP contribution is -2.19. The molecule has 2 heterocycles. The van der Waals surface area contributed by atoms with E-state index in [0.29, 0.717) is 0 Å². The molecule has 0 saturated carbocycles. The standard InChI is InChI=1S/C10H7F3N2O/c11-10(12,13)6-2-1-5-15-8(6)4-3-7(14)9(15)16/h1-5H,14H2. The number of anilines is 1. The largest absolute Gasteiger partial charge is 0.418 e. The minimum Gasteiger partial charge on any atom is -0.394 e. The van der Waals surface area contributed by atoms with Crippen LogP contribution in [0.15, 0.2) is 35.3 Å². The van der Waals surface area contributed by atoms with Crippen LogP contribution in [0.4, 0.5) is 18.9 Å². The predicted octanol–water partition coefficient (Wildman–Crippen LogP) is 1.90. The average molecular weight is 228 g/mol. The summed E-state index contributed by atoms with van der Waals surface area (Å²) in [6.45, 7) is 0. The molecule has 0 unspecified atom stereocenters. The van der Waals surface area contributed by atoms with E-state index in [4.69, 9.17) is 5.73 Å². The Hall–Kier alpha value is -1.98. The molecule has 0 radical (unpaired) electrons. The molecule has 84 valence electrons. The predicted molar refractivity (Wildman–Crippen MR) is 53.1 cm³/mol. The number of pyridine rings is 2. The Labute approximate surface area is 87.9 Å². The minimum atomic E-state index is -4.49. The fraction of sp³-hybridized carbons (Fsp3) is 0.100. The molecule has 0 bridgehead atoms. The first-order valence-electron chi connectivity index (χ1n) is 4.38. The third-order valence-corrected chi connectivity index (χ3v) is 2.23. The second kappa shape index (κ2) is 3.26. The van der Waals surface area contributed by atoms with Crippen LogP contribution in [-0.4, -0.2) is 4.40 Å². The number of hydrogen-bond acceptors (Lipinski definition) is 2. The van der Waals surface area contributed by atoms with Crippen LogP contribution in [-0.2, 0) is 6.18 Å². The Morgan fingerprint density at radius 3 is 2.50 bits per heavy atom. The molecule has 0 aliphatic rings. The van der Waals surface area contributed by atoms with Crippen LogP contribution < -0.4 is 11.3 Å². The molecule has 2 rings (SSSR count). The van der Waals surface area contributed by atoms with Gasteiger partial charge in [0.1, 0.15) is 0 Å². The van der Waals surface area contributed by atoms with Gasteiger partial charge in [-0.05, 0) is 24.3 Å². The zero-order valence-electron chi connectivity index (χ0n) is 7.95. The molecule has 0 aromatic carbocycles. The fourth-order valence-electron chi connectivity index (χ4n) is 1.49. The van der Waals surface area contributed by atoms with Crippen LogP contribution in [0.25, 0.3) is 5.52 Å². The molecule has 2 aromatic heterocycles. The maximum atomic E-state index is 12.6. The van der Waals surface area contributed by atoms with E-state index in [1.165, 1.54) is 18.3 Å². The van der Waals surface area contributed by atoms with Gasteiger partial charge in [-0.15, -0.1) is 0 Å². The summed E-state index contributed by atoms with van der Waals surface area (Å²) in [6.07, 6.45) is -3.24. The first kappa shape index (κ1) is 10.5. The van der Waals surface area contributed by atoms with Gasteiger partial charge in [0.2, 0.25) is 0 Å². The molecule has 0 fully saturated rings. The Kier molecular flexibility index (Phi) is 2.15. The average Bonchev–Trinajstić information content (AvgIpc) is 2.21. The third-order valence-electron chi connectivity index (χ3n) is 2.23. The van der Waals surface area contributed by atoms with Crippen molar-refractivity contribution >= 4 is 11.2 Å². The van der Waals surface area contributed by atoms with Gasteiger partial charge < -0.3 is 5.73 Å². The second-order valence-corrected chi connectivity index (χ2v) is 3.27. The lowest BCUT2D eigenvalue weighted by atomic mass is 10.2. The van der Waals surface area contributed by atoms with E-state index in [2.05, 4.69) is 0 Å². The number of aromatic nitrogens is 1. The van der Waals surface area contributed by atoms with Crippen molar-refractivity contribution in [1.29, 1.82) is 0 Å². The van der Waals surface area contributed by atoms with Gasteiger partial charge in [-0.1, -0.05) is 0 Å². The minimum absolute atomic E-state index is 0.0863. The van der Waals surface area contributed by atoms with Crippen molar-refractivity contribution in [3.63, 3.8) is 0 Å². The van der Waals surface area contributed by atoms with Gasteiger partial charge in [-0.2, -0.15) is 13.2 Å². The number of alkyl halides is 3. The smallest absolute Gasteiger partial charge is 0.394 e. The van der Waals surface area contributed by atoms with Crippen LogP contribution in [0.5, 0.6) is 0 Å². The monoisotopic (exact) mass is 228 g/mol. The summed E-state index contributed by atoms with van der Waals surface area (Å²) in [5, 5.41) is 0. The van der Waals surface area contributed by atoms with Crippen molar-refractivity contribution < 1.29 is 13.2 Å². The van der Waals surface area contributed by atoms with Crippen molar-refractivity contribution in [2.75, 3.05) is 5.73 Å². The first-order valence-corrected chi connectivity index (χ1v) is 4.38. The summed E-state index contributed by atoms with van der Waals surface area (Å²) in [5.41, 5.74) is 3.54. The summed E-state index contributed by atoms with van der Waals surface area (Å²) in [6, 6.07) is 4.44. The second-order valence-electron chi connectivity index (χ2n) is 3.27. The number of fused-ring (bicyclic) bond motifs is 1. The molecule has 2 aromatic rings. The van der Waals surface area contributed by atoms with E-state index in [9.17, 15) is 18.0 Å². The van der Waals surface area contributed by atoms with Gasteiger partial charge >= 0.3 is 6.18 Å². The van der Waals surface area contributed by atoms with E-state index in [1.807, 2.05) is 0 Å². The molecule has 0 amide bonds. The normalized spacial score (nSPS) is 11.9. The van der Waals surface area contributed by atoms with Gasteiger partial charge in [0.25, 0.3) is 5.56 Å². The molecular formula is C10H7F3N2O. The highest BCUT2D eigenvalue weighted by molar-refractivity contribution is 5.59. The third kappa shape index (κ3) is 1.52. The Morgan fingerprint density at radius 1 is 1.19 bits per heavy atom. The van der Waals surface area contributed by atoms with Gasteiger partial charge in [0.15, 0.2) is 0 Å². The van der Waals surface area contributed by atoms with Gasteiger partial charge in [0, 0.05) is 6.20 Å². The number of halogens is 3. The molecule has 2 N–H and O–H groups in total. The Balaban J connectivity index is 2.91. The fourth-order valence-corrected chi connectivity index (χ4v) is 1.49. The number of nitrogens with zero attached hydrogens (tertiary/aromatic N) is 1. The van der Waals surface area contributed by atoms with Crippen LogP contribution in [0, 0.1) is 0 Å². The van der Waals surface area contributed by atoms with Crippen molar-refractivity contribution in [3.05, 3.63) is 46.4 Å². The van der Waals surface area contributed by atoms with Gasteiger partial charge in [0.05, 0.1) is 16.8 Å². The molecule has 0 aliphatic carbocycles. The van der Waals surface area contributed by atoms with Crippen LogP contribution in [0.1, 0.15) is 5.56 Å². The lowest BCUT2D eigenvalue weighted by Gasteiger charge is -2.10. The quantitative estimate of drug-likeness (QED) is 0.748. The van der Waals surface area contributed by atoms with Crippen LogP contribution in [0.3, 0.4) is 0 Å². The molecule has 6 heteroatoms. The van der Waals surface area contributed by atoms with Gasteiger partial charge in [-0.25, -0.2) is 0 Å². The summed E-state index contributed by atoms with van der Waals surface area (Å²) < 4.78 is 38.7. The topological polar surface area (TPSA) is 47.5 Å². The van der Waals surface area contributed by atoms with E-state index < -0.39 is 17.3 Å². The molecule has 3 nitrogen and oxygen atoms in total. The molecule has 0 spiro atoms. The number of nitrogen functional groups attached to an aromatic ring is 1. The molecule has 0 saturated heterocycles. The summed E-state index contributed by atoms with van der Waals surface area (Å²) in [7, 11) is 0. The molecule has 0 aliphatic heterocycles. The van der Waals surface area contributed by atoms with E-state index in [-0.39, 0.29) is 11.2 Å². The van der Waals surface area contributed by atoms with E-state index in [0.717, 1.165) is 16.5 Å². The highest BCUT2D eigenvalue weighted by Crippen LogP contribution is 2.31. The highest BCUT2D eigenvalue weighted by Gasteiger charge is 2.32. The van der Waals surface area contributed by atoms with Crippen molar-refractivity contribution in [3.8, 4) is 0 Å². The summed E-state index contributed by atoms with van der Waals surface area (Å²) in [5.74, 6) is 0. The zero-order chi connectivity index (χ0) is 11.9. The SMILES string of the molecule is Nc1ccc2c(C(F)(F)F)cccn2c1=O. The maximum Gasteiger partial charge on any atom is 0.418 e. The van der Waals surface area contributed by atoms with Crippen molar-refractivity contribution in [2.45, 2.75) is 6.18 Å². The van der Waals surface area contributed by atoms with E-state index >= 15 is 0 Å². The highest BCUT2D eigenvalue weighted by atomic mass is 19.4. The maximum absolute atomic E-state index is 12.6. The van der Waals surface area contributed by atoms with E-state index in [1.54, 1.807) is 0 Å². The number of hydrogen-bond donors (Lipinski definition) is 1.